The van der Waals surface area contributed by atoms with Gasteiger partial charge in [-0.05, 0) is 68.9 Å². The molecule has 4 rings (SSSR count). The molecule has 2 unspecified atom stereocenters. The van der Waals surface area contributed by atoms with E-state index in [0.29, 0.717) is 0 Å². The van der Waals surface area contributed by atoms with E-state index in [1.807, 2.05) is 0 Å². The minimum Gasteiger partial charge on any atom is -0.399 e. The van der Waals surface area contributed by atoms with E-state index in [2.05, 4.69) is 74.8 Å². The SMILES string of the molecule is CCCCC12C=CC(O1)c1c(B3OC(C)(C)C(C)(C)O3)cc(Br)cc12. The molecule has 2 bridgehead atoms. The summed E-state index contributed by atoms with van der Waals surface area (Å²) in [7, 11) is -0.365. The number of fused-ring (bicyclic) bond motifs is 5. The predicted molar refractivity (Wildman–Crippen MR) is 104 cm³/mol. The summed E-state index contributed by atoms with van der Waals surface area (Å²) < 4.78 is 20.2. The van der Waals surface area contributed by atoms with Crippen molar-refractivity contribution in [2.75, 3.05) is 0 Å². The lowest BCUT2D eigenvalue weighted by Crippen LogP contribution is -2.41. The second-order valence-corrected chi connectivity index (χ2v) is 9.35. The van der Waals surface area contributed by atoms with Gasteiger partial charge in [-0.25, -0.2) is 0 Å². The summed E-state index contributed by atoms with van der Waals surface area (Å²) in [5.74, 6) is 0. The molecule has 1 aromatic rings. The molecule has 1 fully saturated rings. The van der Waals surface area contributed by atoms with E-state index in [-0.39, 0.29) is 30.0 Å². The molecule has 1 aromatic carbocycles. The number of ether oxygens (including phenoxy) is 1. The summed E-state index contributed by atoms with van der Waals surface area (Å²) in [6, 6.07) is 4.34. The summed E-state index contributed by atoms with van der Waals surface area (Å²) >= 11 is 3.69. The van der Waals surface area contributed by atoms with Crippen molar-refractivity contribution in [3.05, 3.63) is 39.9 Å². The third kappa shape index (κ3) is 2.58. The van der Waals surface area contributed by atoms with Crippen molar-refractivity contribution >= 4 is 28.5 Å². The Kier molecular flexibility index (Phi) is 4.05. The van der Waals surface area contributed by atoms with Gasteiger partial charge >= 0.3 is 7.12 Å². The van der Waals surface area contributed by atoms with E-state index in [1.165, 1.54) is 11.1 Å². The fraction of sp³-hybridized carbons (Fsp3) is 0.600. The number of rotatable bonds is 4. The van der Waals surface area contributed by atoms with E-state index in [4.69, 9.17) is 14.0 Å². The van der Waals surface area contributed by atoms with Crippen molar-refractivity contribution in [3.63, 3.8) is 0 Å². The molecule has 0 N–H and O–H groups in total. The van der Waals surface area contributed by atoms with Crippen LogP contribution in [-0.2, 0) is 19.6 Å². The van der Waals surface area contributed by atoms with Crippen LogP contribution in [0, 0.1) is 0 Å². The minimum absolute atomic E-state index is 0.00832. The maximum Gasteiger partial charge on any atom is 0.495 e. The van der Waals surface area contributed by atoms with Crippen LogP contribution >= 0.6 is 15.9 Å². The normalized spacial score (nSPS) is 31.0. The average Bonchev–Trinajstić information content (AvgIpc) is 3.14. The number of hydrogen-bond acceptors (Lipinski definition) is 3. The molecule has 3 aliphatic rings. The zero-order valence-corrected chi connectivity index (χ0v) is 17.3. The Bertz CT molecular complexity index is 727. The molecule has 2 atom stereocenters. The topological polar surface area (TPSA) is 27.7 Å². The Morgan fingerprint density at radius 3 is 2.44 bits per heavy atom. The molecule has 3 heterocycles. The highest BCUT2D eigenvalue weighted by molar-refractivity contribution is 9.10. The maximum atomic E-state index is 6.45. The summed E-state index contributed by atoms with van der Waals surface area (Å²) in [4.78, 5) is 0. The third-order valence-electron chi connectivity index (χ3n) is 6.20. The zero-order chi connectivity index (χ0) is 18.0. The molecular weight excluding hydrogens is 379 g/mol. The van der Waals surface area contributed by atoms with Crippen molar-refractivity contribution in [1.82, 2.24) is 0 Å². The summed E-state index contributed by atoms with van der Waals surface area (Å²) in [6.07, 6.45) is 7.78. The molecule has 3 aliphatic heterocycles. The second kappa shape index (κ2) is 5.69. The molecule has 5 heteroatoms. The monoisotopic (exact) mass is 404 g/mol. The number of hydrogen-bond donors (Lipinski definition) is 0. The van der Waals surface area contributed by atoms with E-state index in [0.717, 1.165) is 29.2 Å². The Morgan fingerprint density at radius 2 is 1.80 bits per heavy atom. The second-order valence-electron chi connectivity index (χ2n) is 8.44. The highest BCUT2D eigenvalue weighted by Gasteiger charge is 2.55. The van der Waals surface area contributed by atoms with Gasteiger partial charge in [0.25, 0.3) is 0 Å². The molecule has 0 radical (unpaired) electrons. The molecule has 0 aromatic heterocycles. The third-order valence-corrected chi connectivity index (χ3v) is 6.66. The molecule has 0 spiro atoms. The van der Waals surface area contributed by atoms with E-state index >= 15 is 0 Å². The lowest BCUT2D eigenvalue weighted by Gasteiger charge is -2.32. The van der Waals surface area contributed by atoms with Gasteiger partial charge in [0.2, 0.25) is 0 Å². The fourth-order valence-corrected chi connectivity index (χ4v) is 4.52. The quantitative estimate of drug-likeness (QED) is 0.534. The van der Waals surface area contributed by atoms with E-state index in [1.54, 1.807) is 0 Å². The standard InChI is InChI=1S/C20H26BBrO3/c1-6-7-9-20-10-8-16(23-20)17-14(20)11-13(22)12-15(17)21-24-18(2,3)19(4,5)25-21/h8,10-12,16H,6-7,9H2,1-5H3. The summed E-state index contributed by atoms with van der Waals surface area (Å²) in [5, 5.41) is 0. The van der Waals surface area contributed by atoms with Gasteiger partial charge in [0.05, 0.1) is 11.2 Å². The van der Waals surface area contributed by atoms with Gasteiger partial charge in [0, 0.05) is 4.47 Å². The van der Waals surface area contributed by atoms with Gasteiger partial charge in [-0.2, -0.15) is 0 Å². The van der Waals surface area contributed by atoms with Crippen LogP contribution in [0.2, 0.25) is 0 Å². The summed E-state index contributed by atoms with van der Waals surface area (Å²) in [5.41, 5.74) is 2.63. The van der Waals surface area contributed by atoms with Crippen LogP contribution < -0.4 is 5.46 Å². The van der Waals surface area contributed by atoms with Crippen LogP contribution in [0.4, 0.5) is 0 Å². The Balaban J connectivity index is 1.78. The Morgan fingerprint density at radius 1 is 1.12 bits per heavy atom. The Labute approximate surface area is 159 Å². The smallest absolute Gasteiger partial charge is 0.399 e. The van der Waals surface area contributed by atoms with Crippen molar-refractivity contribution in [2.24, 2.45) is 0 Å². The predicted octanol–water partition coefficient (Wildman–Crippen LogP) is 4.77. The van der Waals surface area contributed by atoms with Crippen LogP contribution in [0.1, 0.15) is 71.1 Å². The van der Waals surface area contributed by atoms with Gasteiger partial charge in [-0.15, -0.1) is 0 Å². The van der Waals surface area contributed by atoms with Gasteiger partial charge in [-0.3, -0.25) is 0 Å². The molecule has 3 nitrogen and oxygen atoms in total. The molecule has 0 aliphatic carbocycles. The largest absolute Gasteiger partial charge is 0.495 e. The van der Waals surface area contributed by atoms with Gasteiger partial charge < -0.3 is 14.0 Å². The highest BCUT2D eigenvalue weighted by atomic mass is 79.9. The first kappa shape index (κ1) is 17.8. The molecule has 0 amide bonds. The minimum atomic E-state index is -0.365. The van der Waals surface area contributed by atoms with Crippen LogP contribution in [-0.4, -0.2) is 18.3 Å². The number of unbranched alkanes of at least 4 members (excludes halogenated alkanes) is 1. The van der Waals surface area contributed by atoms with Gasteiger partial charge in [0.1, 0.15) is 11.7 Å². The van der Waals surface area contributed by atoms with Gasteiger partial charge in [0.15, 0.2) is 0 Å². The molecular formula is C20H26BBrO3. The molecule has 0 saturated carbocycles. The number of benzene rings is 1. The Hall–Kier alpha value is -0.615. The average molecular weight is 405 g/mol. The van der Waals surface area contributed by atoms with Crippen molar-refractivity contribution < 1.29 is 14.0 Å². The first-order chi connectivity index (χ1) is 11.7. The van der Waals surface area contributed by atoms with E-state index < -0.39 is 0 Å². The lowest BCUT2D eigenvalue weighted by molar-refractivity contribution is -0.00988. The molecule has 134 valence electrons. The van der Waals surface area contributed by atoms with E-state index in [9.17, 15) is 0 Å². The maximum absolute atomic E-state index is 6.45. The van der Waals surface area contributed by atoms with Crippen molar-refractivity contribution in [1.29, 1.82) is 0 Å². The zero-order valence-electron chi connectivity index (χ0n) is 15.7. The molecule has 25 heavy (non-hydrogen) atoms. The van der Waals surface area contributed by atoms with Crippen molar-refractivity contribution in [2.45, 2.75) is 76.8 Å². The van der Waals surface area contributed by atoms with Crippen LogP contribution in [0.3, 0.4) is 0 Å². The first-order valence-corrected chi connectivity index (χ1v) is 10.0. The first-order valence-electron chi connectivity index (χ1n) is 9.26. The van der Waals surface area contributed by atoms with Crippen LogP contribution in [0.5, 0.6) is 0 Å². The number of halogens is 1. The van der Waals surface area contributed by atoms with Crippen LogP contribution in [0.25, 0.3) is 0 Å². The van der Waals surface area contributed by atoms with Crippen LogP contribution in [0.15, 0.2) is 28.8 Å². The van der Waals surface area contributed by atoms with Crippen molar-refractivity contribution in [3.8, 4) is 0 Å². The fourth-order valence-electron chi connectivity index (χ4n) is 4.04. The highest BCUT2D eigenvalue weighted by Crippen LogP contribution is 2.53. The summed E-state index contributed by atoms with van der Waals surface area (Å²) in [6.45, 7) is 10.6. The lowest BCUT2D eigenvalue weighted by atomic mass is 9.70. The molecule has 1 saturated heterocycles. The van der Waals surface area contributed by atoms with Gasteiger partial charge in [-0.1, -0.05) is 41.8 Å².